The molecule has 5 nitrogen and oxygen atoms in total. The van der Waals surface area contributed by atoms with Gasteiger partial charge in [-0.05, 0) is 23.2 Å². The van der Waals surface area contributed by atoms with Gasteiger partial charge in [0.2, 0.25) is 0 Å². The molecule has 0 aliphatic rings. The molecule has 0 aromatic heterocycles. The summed E-state index contributed by atoms with van der Waals surface area (Å²) in [5.74, 6) is 0. The maximum Gasteiger partial charge on any atom is 1.00 e. The Hall–Kier alpha value is 0.0200. The van der Waals surface area contributed by atoms with E-state index in [2.05, 4.69) is 0 Å². The van der Waals surface area contributed by atoms with E-state index in [9.17, 15) is 18.9 Å². The van der Waals surface area contributed by atoms with Gasteiger partial charge < -0.3 is 4.55 Å². The second-order valence-electron chi connectivity index (χ2n) is 2.10. The molecule has 0 spiro atoms. The van der Waals surface area contributed by atoms with Crippen molar-refractivity contribution in [3.05, 3.63) is 33.3 Å². The maximum atomic E-state index is 10.5. The van der Waals surface area contributed by atoms with Gasteiger partial charge in [-0.25, -0.2) is 0 Å². The summed E-state index contributed by atoms with van der Waals surface area (Å²) in [6, 6.07) is 3.34. The van der Waals surface area contributed by atoms with Gasteiger partial charge >= 0.3 is 29.6 Å². The number of hydrogen-bond acceptors (Lipinski definition) is 4. The first kappa shape index (κ1) is 14.0. The number of hydrogen-bond donors (Lipinski definition) is 0. The van der Waals surface area contributed by atoms with Crippen molar-refractivity contribution in [1.29, 1.82) is 0 Å². The Morgan fingerprint density at radius 2 is 2.00 bits per heavy atom. The van der Waals surface area contributed by atoms with Crippen LogP contribution in [0.2, 0.25) is 5.02 Å². The third kappa shape index (κ3) is 3.30. The van der Waals surface area contributed by atoms with Gasteiger partial charge in [-0.3, -0.25) is 14.3 Å². The summed E-state index contributed by atoms with van der Waals surface area (Å²) in [6.45, 7) is 0. The minimum Gasteiger partial charge on any atom is -0.768 e. The van der Waals surface area contributed by atoms with E-state index in [1.54, 1.807) is 0 Å². The van der Waals surface area contributed by atoms with Gasteiger partial charge in [-0.2, -0.15) is 0 Å². The number of nitro benzene ring substituents is 1. The molecule has 0 aliphatic carbocycles. The molecule has 1 aromatic rings. The molecule has 0 radical (unpaired) electrons. The fraction of sp³-hybridized carbons (Fsp3) is 0. The summed E-state index contributed by atoms with van der Waals surface area (Å²) < 4.78 is 21.0. The average molecular weight is 244 g/mol. The molecule has 8 heteroatoms. The Labute approximate surface area is 109 Å². The summed E-state index contributed by atoms with van der Waals surface area (Å²) in [4.78, 5) is 9.15. The van der Waals surface area contributed by atoms with Crippen molar-refractivity contribution in [2.24, 2.45) is 0 Å². The van der Waals surface area contributed by atoms with E-state index in [0.29, 0.717) is 0 Å². The van der Waals surface area contributed by atoms with Crippen molar-refractivity contribution in [1.82, 2.24) is 0 Å². The van der Waals surface area contributed by atoms with Crippen molar-refractivity contribution in [3.63, 3.8) is 0 Å². The Morgan fingerprint density at radius 1 is 1.43 bits per heavy atom. The van der Waals surface area contributed by atoms with E-state index in [1.165, 1.54) is 6.07 Å². The number of rotatable bonds is 2. The van der Waals surface area contributed by atoms with Crippen LogP contribution in [0.25, 0.3) is 0 Å². The number of halogens is 1. The number of nitro groups is 1. The molecule has 1 atom stereocenters. The van der Waals surface area contributed by atoms with Crippen LogP contribution in [-0.2, 0) is 11.1 Å². The third-order valence-electron chi connectivity index (χ3n) is 1.30. The van der Waals surface area contributed by atoms with Gasteiger partial charge in [-0.15, -0.1) is 0 Å². The Bertz CT molecular complexity index is 386. The largest absolute Gasteiger partial charge is 1.00 e. The molecule has 1 unspecified atom stereocenters. The van der Waals surface area contributed by atoms with Gasteiger partial charge in [0.05, 0.1) is 4.92 Å². The van der Waals surface area contributed by atoms with Gasteiger partial charge in [0.25, 0.3) is 5.69 Å². The maximum absolute atomic E-state index is 10.5. The molecular formula is C6H3ClNNaO4S. The summed E-state index contributed by atoms with van der Waals surface area (Å²) in [7, 11) is 0. The van der Waals surface area contributed by atoms with Crippen LogP contribution in [0.3, 0.4) is 0 Å². The standard InChI is InChI=1S/C6H4ClNO4S.Na/c7-4-1-2-5(8(9)10)6(3-4)13(11)12;/h1-3H,(H,11,12);/q;+1/p-1. The van der Waals surface area contributed by atoms with Crippen LogP contribution in [0.4, 0.5) is 5.69 Å². The normalized spacial score (nSPS) is 11.6. The van der Waals surface area contributed by atoms with E-state index in [4.69, 9.17) is 11.6 Å². The third-order valence-corrected chi connectivity index (χ3v) is 2.22. The van der Waals surface area contributed by atoms with Crippen LogP contribution < -0.4 is 29.6 Å². The molecule has 1 aromatic carbocycles. The van der Waals surface area contributed by atoms with Gasteiger partial charge in [0.15, 0.2) is 0 Å². The molecule has 14 heavy (non-hydrogen) atoms. The van der Waals surface area contributed by atoms with E-state index in [-0.39, 0.29) is 34.6 Å². The molecule has 0 amide bonds. The second kappa shape index (κ2) is 5.79. The predicted molar refractivity (Wildman–Crippen MR) is 45.3 cm³/mol. The predicted octanol–water partition coefficient (Wildman–Crippen LogP) is -1.51. The zero-order valence-corrected chi connectivity index (χ0v) is 10.7. The van der Waals surface area contributed by atoms with E-state index < -0.39 is 26.6 Å². The van der Waals surface area contributed by atoms with Crippen molar-refractivity contribution < 1.29 is 43.2 Å². The van der Waals surface area contributed by atoms with Crippen LogP contribution in [0.15, 0.2) is 23.1 Å². The first-order chi connectivity index (χ1) is 6.02. The van der Waals surface area contributed by atoms with E-state index in [0.717, 1.165) is 12.1 Å². The topological polar surface area (TPSA) is 83.3 Å². The molecule has 0 fully saturated rings. The van der Waals surface area contributed by atoms with Gasteiger partial charge in [-0.1, -0.05) is 11.6 Å². The van der Waals surface area contributed by atoms with Crippen LogP contribution in [0, 0.1) is 10.1 Å². The summed E-state index contributed by atoms with van der Waals surface area (Å²) in [6.07, 6.45) is 0. The monoisotopic (exact) mass is 243 g/mol. The smallest absolute Gasteiger partial charge is 0.768 e. The Morgan fingerprint density at radius 3 is 2.43 bits per heavy atom. The Balaban J connectivity index is 0.00000169. The summed E-state index contributed by atoms with van der Waals surface area (Å²) in [5, 5.41) is 10.5. The quantitative estimate of drug-likeness (QED) is 0.274. The van der Waals surface area contributed by atoms with E-state index >= 15 is 0 Å². The molecule has 0 saturated carbocycles. The van der Waals surface area contributed by atoms with Gasteiger partial charge in [0, 0.05) is 11.1 Å². The molecule has 70 valence electrons. The average Bonchev–Trinajstić information content (AvgIpc) is 2.03. The van der Waals surface area contributed by atoms with Crippen molar-refractivity contribution >= 4 is 28.4 Å². The molecule has 0 heterocycles. The molecule has 0 aliphatic heterocycles. The number of benzene rings is 1. The SMILES string of the molecule is O=[N+]([O-])c1ccc(Cl)cc1S(=O)[O-].[Na+]. The van der Waals surface area contributed by atoms with Crippen molar-refractivity contribution in [2.45, 2.75) is 4.90 Å². The molecule has 0 N–H and O–H groups in total. The van der Waals surface area contributed by atoms with Crippen LogP contribution in [0.1, 0.15) is 0 Å². The first-order valence-corrected chi connectivity index (χ1v) is 4.51. The fourth-order valence-electron chi connectivity index (χ4n) is 0.772. The molecular weight excluding hydrogens is 241 g/mol. The first-order valence-electron chi connectivity index (χ1n) is 3.05. The summed E-state index contributed by atoms with van der Waals surface area (Å²) in [5.41, 5.74) is -0.474. The van der Waals surface area contributed by atoms with Crippen molar-refractivity contribution in [3.8, 4) is 0 Å². The summed E-state index contributed by atoms with van der Waals surface area (Å²) >= 11 is 2.82. The molecule has 1 rings (SSSR count). The Kier molecular flexibility index (Phi) is 5.80. The zero-order chi connectivity index (χ0) is 10.0. The molecule has 0 bridgehead atoms. The van der Waals surface area contributed by atoms with Crippen LogP contribution in [-0.4, -0.2) is 13.7 Å². The molecule has 0 saturated heterocycles. The van der Waals surface area contributed by atoms with Gasteiger partial charge in [0.1, 0.15) is 4.90 Å². The second-order valence-corrected chi connectivity index (χ2v) is 3.45. The van der Waals surface area contributed by atoms with Crippen LogP contribution in [0.5, 0.6) is 0 Å². The minimum absolute atomic E-state index is 0. The van der Waals surface area contributed by atoms with Crippen molar-refractivity contribution in [2.75, 3.05) is 0 Å². The van der Waals surface area contributed by atoms with E-state index in [1.807, 2.05) is 0 Å². The fourth-order valence-corrected chi connectivity index (χ4v) is 1.55. The minimum atomic E-state index is -2.65. The van der Waals surface area contributed by atoms with Crippen LogP contribution >= 0.6 is 11.6 Å². The zero-order valence-electron chi connectivity index (χ0n) is 7.10. The number of nitrogens with zero attached hydrogens (tertiary/aromatic N) is 1.